The molecule has 100 valence electrons. The van der Waals surface area contributed by atoms with Gasteiger partial charge in [-0.15, -0.1) is 0 Å². The SMILES string of the molecule is Cc1c(C(=O)NC2=NCCS2)[nH]c2c1C(=O)CCC2. The summed E-state index contributed by atoms with van der Waals surface area (Å²) < 4.78 is 0. The number of thioether (sulfide) groups is 1. The summed E-state index contributed by atoms with van der Waals surface area (Å²) in [5.74, 6) is 0.850. The number of aromatic amines is 1. The van der Waals surface area contributed by atoms with Gasteiger partial charge in [-0.3, -0.25) is 14.6 Å². The van der Waals surface area contributed by atoms with Gasteiger partial charge in [0, 0.05) is 23.4 Å². The van der Waals surface area contributed by atoms with E-state index in [0.29, 0.717) is 17.3 Å². The number of carbonyl (C=O) groups excluding carboxylic acids is 2. The lowest BCUT2D eigenvalue weighted by atomic mass is 9.94. The minimum absolute atomic E-state index is 0.140. The Kier molecular flexibility index (Phi) is 3.18. The van der Waals surface area contributed by atoms with Crippen LogP contribution in [0.15, 0.2) is 4.99 Å². The number of fused-ring (bicyclic) bond motifs is 1. The van der Waals surface area contributed by atoms with Crippen LogP contribution < -0.4 is 5.32 Å². The highest BCUT2D eigenvalue weighted by Crippen LogP contribution is 2.26. The van der Waals surface area contributed by atoms with Crippen molar-refractivity contribution < 1.29 is 9.59 Å². The topological polar surface area (TPSA) is 74.3 Å². The van der Waals surface area contributed by atoms with Gasteiger partial charge >= 0.3 is 0 Å². The van der Waals surface area contributed by atoms with Gasteiger partial charge in [0.15, 0.2) is 11.0 Å². The number of amides is 1. The zero-order valence-corrected chi connectivity index (χ0v) is 11.5. The number of H-pyrrole nitrogens is 1. The van der Waals surface area contributed by atoms with Crippen molar-refractivity contribution in [2.75, 3.05) is 12.3 Å². The van der Waals surface area contributed by atoms with Crippen LogP contribution >= 0.6 is 11.8 Å². The van der Waals surface area contributed by atoms with Crippen molar-refractivity contribution in [3.63, 3.8) is 0 Å². The van der Waals surface area contributed by atoms with Gasteiger partial charge < -0.3 is 10.3 Å². The average molecular weight is 277 g/mol. The summed E-state index contributed by atoms with van der Waals surface area (Å²) in [5.41, 5.74) is 2.88. The van der Waals surface area contributed by atoms with Crippen LogP contribution in [0.25, 0.3) is 0 Å². The molecule has 0 saturated carbocycles. The Balaban J connectivity index is 1.88. The van der Waals surface area contributed by atoms with Crippen molar-refractivity contribution in [2.45, 2.75) is 26.2 Å². The first kappa shape index (κ1) is 12.5. The number of hydrogen-bond donors (Lipinski definition) is 2. The van der Waals surface area contributed by atoms with Crippen molar-refractivity contribution in [2.24, 2.45) is 4.99 Å². The van der Waals surface area contributed by atoms with Crippen molar-refractivity contribution >= 4 is 28.6 Å². The molecule has 0 spiro atoms. The first-order chi connectivity index (χ1) is 9.16. The van der Waals surface area contributed by atoms with Gasteiger partial charge in [0.25, 0.3) is 5.91 Å². The second kappa shape index (κ2) is 4.85. The van der Waals surface area contributed by atoms with Crippen LogP contribution in [0.1, 0.15) is 44.9 Å². The Hall–Kier alpha value is -1.56. The highest BCUT2D eigenvalue weighted by Gasteiger charge is 2.26. The standard InChI is InChI=1S/C13H15N3O2S/c1-7-10-8(3-2-4-9(10)17)15-11(7)12(18)16-13-14-5-6-19-13/h15H,2-6H2,1H3,(H,14,16,18). The van der Waals surface area contributed by atoms with E-state index in [1.165, 1.54) is 0 Å². The maximum Gasteiger partial charge on any atom is 0.273 e. The third kappa shape index (κ3) is 2.20. The lowest BCUT2D eigenvalue weighted by Crippen LogP contribution is -2.28. The lowest BCUT2D eigenvalue weighted by molar-refractivity contribution is 0.0967. The van der Waals surface area contributed by atoms with Gasteiger partial charge in [-0.05, 0) is 25.3 Å². The number of nitrogens with one attached hydrogen (secondary N) is 2. The van der Waals surface area contributed by atoms with Crippen molar-refractivity contribution in [3.8, 4) is 0 Å². The highest BCUT2D eigenvalue weighted by molar-refractivity contribution is 8.14. The summed E-state index contributed by atoms with van der Waals surface area (Å²) >= 11 is 1.54. The predicted molar refractivity (Wildman–Crippen MR) is 75.0 cm³/mol. The molecule has 19 heavy (non-hydrogen) atoms. The second-order valence-corrected chi connectivity index (χ2v) is 5.83. The molecule has 1 aromatic heterocycles. The van der Waals surface area contributed by atoms with Crippen LogP contribution in [-0.4, -0.2) is 34.1 Å². The number of aryl methyl sites for hydroxylation is 1. The molecule has 0 saturated heterocycles. The summed E-state index contributed by atoms with van der Waals surface area (Å²) in [6.07, 6.45) is 2.27. The molecule has 3 rings (SSSR count). The van der Waals surface area contributed by atoms with Crippen LogP contribution in [0.5, 0.6) is 0 Å². The Morgan fingerprint density at radius 2 is 2.26 bits per heavy atom. The molecule has 2 N–H and O–H groups in total. The number of amidine groups is 1. The third-order valence-corrected chi connectivity index (χ3v) is 4.36. The van der Waals surface area contributed by atoms with E-state index in [0.717, 1.165) is 42.0 Å². The van der Waals surface area contributed by atoms with Gasteiger partial charge in [0.1, 0.15) is 5.69 Å². The van der Waals surface area contributed by atoms with E-state index >= 15 is 0 Å². The van der Waals surface area contributed by atoms with Crippen molar-refractivity contribution in [1.29, 1.82) is 0 Å². The van der Waals surface area contributed by atoms with Gasteiger partial charge in [-0.1, -0.05) is 11.8 Å². The molecule has 5 nitrogen and oxygen atoms in total. The van der Waals surface area contributed by atoms with Crippen molar-refractivity contribution in [1.82, 2.24) is 10.3 Å². The average Bonchev–Trinajstić information content (AvgIpc) is 2.98. The number of rotatable bonds is 1. The number of hydrogen-bond acceptors (Lipinski definition) is 4. The Bertz CT molecular complexity index is 589. The first-order valence-electron chi connectivity index (χ1n) is 6.40. The number of ketones is 1. The van der Waals surface area contributed by atoms with E-state index in [1.54, 1.807) is 11.8 Å². The molecular formula is C13H15N3O2S. The number of nitrogens with zero attached hydrogens (tertiary/aromatic N) is 1. The lowest BCUT2D eigenvalue weighted by Gasteiger charge is -2.09. The first-order valence-corrected chi connectivity index (χ1v) is 7.38. The second-order valence-electron chi connectivity index (χ2n) is 4.74. The molecule has 0 unspecified atom stereocenters. The van der Waals surface area contributed by atoms with Gasteiger partial charge in [-0.25, -0.2) is 0 Å². The van der Waals surface area contributed by atoms with E-state index in [4.69, 9.17) is 0 Å². The van der Waals surface area contributed by atoms with Crippen LogP contribution in [0.3, 0.4) is 0 Å². The summed E-state index contributed by atoms with van der Waals surface area (Å²) in [7, 11) is 0. The number of carbonyl (C=O) groups is 2. The molecule has 1 amide bonds. The molecule has 0 atom stereocenters. The van der Waals surface area contributed by atoms with Gasteiger partial charge in [0.2, 0.25) is 0 Å². The number of Topliss-reactive ketones (excluding diaryl/α,β-unsaturated/α-hetero) is 1. The zero-order valence-electron chi connectivity index (χ0n) is 10.7. The van der Waals surface area contributed by atoms with E-state index in [2.05, 4.69) is 15.3 Å². The molecule has 2 heterocycles. The monoisotopic (exact) mass is 277 g/mol. The smallest absolute Gasteiger partial charge is 0.273 e. The molecule has 0 fully saturated rings. The van der Waals surface area contributed by atoms with Crippen LogP contribution in [-0.2, 0) is 6.42 Å². The molecule has 6 heteroatoms. The van der Waals surface area contributed by atoms with Crippen LogP contribution in [0, 0.1) is 6.92 Å². The Morgan fingerprint density at radius 3 is 2.95 bits per heavy atom. The minimum atomic E-state index is -0.201. The quantitative estimate of drug-likeness (QED) is 0.820. The maximum absolute atomic E-state index is 12.2. The molecule has 0 bridgehead atoms. The fraction of sp³-hybridized carbons (Fsp3) is 0.462. The van der Waals surface area contributed by atoms with E-state index in [1.807, 2.05) is 6.92 Å². The predicted octanol–water partition coefficient (Wildman–Crippen LogP) is 1.67. The molecule has 2 aliphatic rings. The molecule has 1 aromatic rings. The Morgan fingerprint density at radius 1 is 1.42 bits per heavy atom. The van der Waals surface area contributed by atoms with Crippen molar-refractivity contribution in [3.05, 3.63) is 22.5 Å². The van der Waals surface area contributed by atoms with Gasteiger partial charge in [0.05, 0.1) is 6.54 Å². The highest BCUT2D eigenvalue weighted by atomic mass is 32.2. The Labute approximate surface area is 115 Å². The third-order valence-electron chi connectivity index (χ3n) is 3.47. The normalized spacial score (nSPS) is 18.2. The van der Waals surface area contributed by atoms with E-state index in [-0.39, 0.29) is 11.7 Å². The van der Waals surface area contributed by atoms with Crippen LogP contribution in [0.2, 0.25) is 0 Å². The molecule has 1 aliphatic carbocycles. The summed E-state index contributed by atoms with van der Waals surface area (Å²) in [6.45, 7) is 2.58. The molecule has 1 aliphatic heterocycles. The van der Waals surface area contributed by atoms with Gasteiger partial charge in [-0.2, -0.15) is 0 Å². The van der Waals surface area contributed by atoms with E-state index in [9.17, 15) is 9.59 Å². The zero-order chi connectivity index (χ0) is 13.4. The van der Waals surface area contributed by atoms with E-state index < -0.39 is 0 Å². The molecule has 0 aromatic carbocycles. The summed E-state index contributed by atoms with van der Waals surface area (Å²) in [6, 6.07) is 0. The summed E-state index contributed by atoms with van der Waals surface area (Å²) in [4.78, 5) is 31.4. The summed E-state index contributed by atoms with van der Waals surface area (Å²) in [5, 5.41) is 3.46. The molecular weight excluding hydrogens is 262 g/mol. The number of aromatic nitrogens is 1. The maximum atomic E-state index is 12.2. The minimum Gasteiger partial charge on any atom is -0.354 e. The van der Waals surface area contributed by atoms with Crippen LogP contribution in [0.4, 0.5) is 0 Å². The fourth-order valence-corrected chi connectivity index (χ4v) is 3.29. The largest absolute Gasteiger partial charge is 0.354 e. The number of aliphatic imine (C=N–C) groups is 1. The molecule has 0 radical (unpaired) electrons. The fourth-order valence-electron chi connectivity index (χ4n) is 2.57.